The van der Waals surface area contributed by atoms with E-state index in [9.17, 15) is 4.79 Å². The number of benzene rings is 2. The lowest BCUT2D eigenvalue weighted by Crippen LogP contribution is -2.29. The van der Waals surface area contributed by atoms with Crippen LogP contribution in [0.4, 0.5) is 11.4 Å². The summed E-state index contributed by atoms with van der Waals surface area (Å²) in [5, 5.41) is 0.440. The van der Waals surface area contributed by atoms with Crippen molar-refractivity contribution in [2.45, 2.75) is 6.42 Å². The van der Waals surface area contributed by atoms with E-state index < -0.39 is 0 Å². The Balaban J connectivity index is 2.02. The summed E-state index contributed by atoms with van der Waals surface area (Å²) in [5.74, 6) is -0.0966. The first kappa shape index (κ1) is 13.5. The van der Waals surface area contributed by atoms with Gasteiger partial charge in [0.2, 0.25) is 0 Å². The number of amides is 1. The zero-order chi connectivity index (χ0) is 14.3. The summed E-state index contributed by atoms with van der Waals surface area (Å²) >= 11 is 9.55. The third-order valence-electron chi connectivity index (χ3n) is 3.49. The van der Waals surface area contributed by atoms with E-state index in [1.807, 2.05) is 24.3 Å². The van der Waals surface area contributed by atoms with Crippen molar-refractivity contribution in [2.75, 3.05) is 17.2 Å². The maximum atomic E-state index is 12.7. The van der Waals surface area contributed by atoms with E-state index in [2.05, 4.69) is 15.9 Å². The number of hydrogen-bond donors (Lipinski definition) is 1. The fourth-order valence-electron chi connectivity index (χ4n) is 2.49. The lowest BCUT2D eigenvalue weighted by atomic mass is 10.1. The fraction of sp³-hybridized carbons (Fsp3) is 0.133. The highest BCUT2D eigenvalue weighted by Gasteiger charge is 2.28. The van der Waals surface area contributed by atoms with Crippen LogP contribution < -0.4 is 10.6 Å². The molecule has 1 aliphatic rings. The lowest BCUT2D eigenvalue weighted by Gasteiger charge is -2.18. The lowest BCUT2D eigenvalue weighted by molar-refractivity contribution is 0.0989. The van der Waals surface area contributed by atoms with E-state index in [1.165, 1.54) is 0 Å². The number of fused-ring (bicyclic) bond motifs is 1. The van der Waals surface area contributed by atoms with Gasteiger partial charge in [-0.25, -0.2) is 0 Å². The molecule has 0 unspecified atom stereocenters. The highest BCUT2D eigenvalue weighted by Crippen LogP contribution is 2.35. The maximum absolute atomic E-state index is 12.7. The van der Waals surface area contributed by atoms with Gasteiger partial charge < -0.3 is 10.6 Å². The Hall–Kier alpha value is -1.52. The Kier molecular flexibility index (Phi) is 3.44. The number of nitrogen functional groups attached to an aromatic ring is 1. The predicted molar refractivity (Wildman–Crippen MR) is 85.4 cm³/mol. The van der Waals surface area contributed by atoms with E-state index in [0.29, 0.717) is 17.1 Å². The van der Waals surface area contributed by atoms with E-state index in [-0.39, 0.29) is 5.91 Å². The molecule has 0 atom stereocenters. The number of carbonyl (C=O) groups excluding carboxylic acids is 1. The summed E-state index contributed by atoms with van der Waals surface area (Å²) in [6.45, 7) is 0.630. The van der Waals surface area contributed by atoms with Gasteiger partial charge in [-0.15, -0.1) is 0 Å². The molecule has 0 radical (unpaired) electrons. The van der Waals surface area contributed by atoms with Gasteiger partial charge in [0, 0.05) is 28.0 Å². The Labute approximate surface area is 130 Å². The molecule has 3 nitrogen and oxygen atoms in total. The zero-order valence-electron chi connectivity index (χ0n) is 10.6. The first-order valence-corrected chi connectivity index (χ1v) is 7.40. The molecule has 0 aromatic heterocycles. The number of carbonyl (C=O) groups is 1. The van der Waals surface area contributed by atoms with Gasteiger partial charge in [-0.05, 0) is 46.6 Å². The van der Waals surface area contributed by atoms with Gasteiger partial charge in [-0.3, -0.25) is 4.79 Å². The van der Waals surface area contributed by atoms with Crippen LogP contribution in [0, 0.1) is 0 Å². The Morgan fingerprint density at radius 3 is 2.80 bits per heavy atom. The molecule has 0 saturated heterocycles. The van der Waals surface area contributed by atoms with Crippen LogP contribution >= 0.6 is 27.5 Å². The molecule has 1 amide bonds. The fourth-order valence-corrected chi connectivity index (χ4v) is 3.06. The van der Waals surface area contributed by atoms with Crippen molar-refractivity contribution in [2.24, 2.45) is 0 Å². The highest BCUT2D eigenvalue weighted by molar-refractivity contribution is 9.10. The minimum Gasteiger partial charge on any atom is -0.398 e. The van der Waals surface area contributed by atoms with Crippen LogP contribution in [0.2, 0.25) is 5.02 Å². The molecule has 1 heterocycles. The van der Waals surface area contributed by atoms with Gasteiger partial charge in [-0.2, -0.15) is 0 Å². The van der Waals surface area contributed by atoms with Crippen LogP contribution in [0.25, 0.3) is 0 Å². The maximum Gasteiger partial charge on any atom is 0.259 e. The second kappa shape index (κ2) is 5.11. The Bertz CT molecular complexity index is 702. The smallest absolute Gasteiger partial charge is 0.259 e. The number of nitrogens with zero attached hydrogens (tertiary/aromatic N) is 1. The largest absolute Gasteiger partial charge is 0.398 e. The monoisotopic (exact) mass is 350 g/mol. The normalized spacial score (nSPS) is 13.4. The summed E-state index contributed by atoms with van der Waals surface area (Å²) in [6.07, 6.45) is 0.777. The molecule has 0 saturated carbocycles. The van der Waals surface area contributed by atoms with Crippen LogP contribution in [0.1, 0.15) is 15.9 Å². The number of anilines is 2. The third kappa shape index (κ3) is 2.09. The van der Waals surface area contributed by atoms with Crippen LogP contribution in [0.15, 0.2) is 40.9 Å². The molecule has 2 aromatic rings. The quantitative estimate of drug-likeness (QED) is 0.792. The molecule has 1 aliphatic heterocycles. The molecule has 20 heavy (non-hydrogen) atoms. The van der Waals surface area contributed by atoms with Crippen LogP contribution in [-0.4, -0.2) is 12.5 Å². The van der Waals surface area contributed by atoms with Crippen molar-refractivity contribution >= 4 is 44.8 Å². The summed E-state index contributed by atoms with van der Waals surface area (Å²) in [6, 6.07) is 11.0. The second-order valence-electron chi connectivity index (χ2n) is 4.65. The molecule has 5 heteroatoms. The predicted octanol–water partition coefficient (Wildman–Crippen LogP) is 3.89. The first-order valence-electron chi connectivity index (χ1n) is 6.23. The molecule has 2 N–H and O–H groups in total. The summed E-state index contributed by atoms with van der Waals surface area (Å²) in [4.78, 5) is 14.4. The molecule has 0 bridgehead atoms. The van der Waals surface area contributed by atoms with Gasteiger partial charge in [0.15, 0.2) is 0 Å². The van der Waals surface area contributed by atoms with Gasteiger partial charge in [0.05, 0.1) is 10.6 Å². The van der Waals surface area contributed by atoms with E-state index in [4.69, 9.17) is 17.3 Å². The molecule has 0 aliphatic carbocycles. The third-order valence-corrected chi connectivity index (χ3v) is 4.79. The number of rotatable bonds is 1. The van der Waals surface area contributed by atoms with Crippen LogP contribution in [0.3, 0.4) is 0 Å². The van der Waals surface area contributed by atoms with E-state index in [0.717, 1.165) is 27.8 Å². The zero-order valence-corrected chi connectivity index (χ0v) is 12.9. The Morgan fingerprint density at radius 2 is 2.00 bits per heavy atom. The van der Waals surface area contributed by atoms with Gasteiger partial charge in [-0.1, -0.05) is 23.7 Å². The van der Waals surface area contributed by atoms with Crippen molar-refractivity contribution in [3.8, 4) is 0 Å². The topological polar surface area (TPSA) is 46.3 Å². The van der Waals surface area contributed by atoms with Crippen LogP contribution in [-0.2, 0) is 6.42 Å². The van der Waals surface area contributed by atoms with Gasteiger partial charge in [0.25, 0.3) is 5.91 Å². The van der Waals surface area contributed by atoms with Crippen molar-refractivity contribution in [1.82, 2.24) is 0 Å². The molecule has 2 aromatic carbocycles. The van der Waals surface area contributed by atoms with Crippen molar-refractivity contribution in [1.29, 1.82) is 0 Å². The molecule has 0 fully saturated rings. The standard InChI is InChI=1S/C15H12BrClN2O/c16-11-4-1-3-10(14(11)17)15(20)19-8-7-9-12(18)5-2-6-13(9)19/h1-6H,7-8,18H2. The molecule has 3 rings (SSSR count). The Morgan fingerprint density at radius 1 is 1.25 bits per heavy atom. The number of hydrogen-bond acceptors (Lipinski definition) is 2. The molecule has 0 spiro atoms. The average molecular weight is 352 g/mol. The molecular formula is C15H12BrClN2O. The second-order valence-corrected chi connectivity index (χ2v) is 5.89. The first-order chi connectivity index (χ1) is 9.59. The van der Waals surface area contributed by atoms with Gasteiger partial charge in [0.1, 0.15) is 0 Å². The highest BCUT2D eigenvalue weighted by atomic mass is 79.9. The van der Waals surface area contributed by atoms with E-state index in [1.54, 1.807) is 17.0 Å². The summed E-state index contributed by atoms with van der Waals surface area (Å²) in [5.41, 5.74) is 9.10. The van der Waals surface area contributed by atoms with Crippen molar-refractivity contribution < 1.29 is 4.79 Å². The minimum atomic E-state index is -0.0966. The minimum absolute atomic E-state index is 0.0966. The van der Waals surface area contributed by atoms with Crippen molar-refractivity contribution in [3.05, 3.63) is 57.0 Å². The van der Waals surface area contributed by atoms with Gasteiger partial charge >= 0.3 is 0 Å². The SMILES string of the molecule is Nc1cccc2c1CCN2C(=O)c1cccc(Br)c1Cl. The summed E-state index contributed by atoms with van der Waals surface area (Å²) < 4.78 is 0.719. The summed E-state index contributed by atoms with van der Waals surface area (Å²) in [7, 11) is 0. The number of halogens is 2. The average Bonchev–Trinajstić information content (AvgIpc) is 2.86. The molecular weight excluding hydrogens is 340 g/mol. The van der Waals surface area contributed by atoms with Crippen LogP contribution in [0.5, 0.6) is 0 Å². The number of nitrogens with two attached hydrogens (primary N) is 1. The van der Waals surface area contributed by atoms with E-state index >= 15 is 0 Å². The van der Waals surface area contributed by atoms with Crippen molar-refractivity contribution in [3.63, 3.8) is 0 Å². The molecule has 102 valence electrons.